The van der Waals surface area contributed by atoms with Gasteiger partial charge in [0.25, 0.3) is 0 Å². The first kappa shape index (κ1) is 15.8. The van der Waals surface area contributed by atoms with E-state index in [1.807, 2.05) is 0 Å². The zero-order valence-corrected chi connectivity index (χ0v) is 9.94. The van der Waals surface area contributed by atoms with Crippen molar-refractivity contribution in [2.24, 2.45) is 0 Å². The first-order valence-electron chi connectivity index (χ1n) is 4.89. The molecule has 98 valence electrons. The van der Waals surface area contributed by atoms with Gasteiger partial charge in [0.2, 0.25) is 0 Å². The summed E-state index contributed by atoms with van der Waals surface area (Å²) in [7, 11) is -2.37. The van der Waals surface area contributed by atoms with Crippen LogP contribution in [0.25, 0.3) is 0 Å². The van der Waals surface area contributed by atoms with Gasteiger partial charge < -0.3 is 4.43 Å². The Hall–Kier alpha value is -0.243. The second-order valence-electron chi connectivity index (χ2n) is 3.39. The van der Waals surface area contributed by atoms with Gasteiger partial charge in [-0.05, 0) is 19.0 Å². The minimum absolute atomic E-state index is 0.173. The van der Waals surface area contributed by atoms with Crippen LogP contribution in [0.4, 0.5) is 26.3 Å². The van der Waals surface area contributed by atoms with Gasteiger partial charge in [-0.1, -0.05) is 0 Å². The van der Waals surface area contributed by atoms with Gasteiger partial charge >= 0.3 is 12.4 Å². The third kappa shape index (κ3) is 10.3. The second kappa shape index (κ2) is 6.48. The molecule has 0 aromatic heterocycles. The highest BCUT2D eigenvalue weighted by atomic mass is 28.3. The molecule has 16 heavy (non-hydrogen) atoms. The Labute approximate surface area is 91.5 Å². The molecule has 1 nitrogen and oxygen atoms in total. The highest BCUT2D eigenvalue weighted by molar-refractivity contribution is 6.51. The summed E-state index contributed by atoms with van der Waals surface area (Å²) in [6.45, 7) is 1.74. The maximum absolute atomic E-state index is 11.9. The van der Waals surface area contributed by atoms with Crippen LogP contribution in [0.1, 0.15) is 19.8 Å². The minimum atomic E-state index is -4.32. The third-order valence-corrected chi connectivity index (χ3v) is 4.57. The molecule has 0 bridgehead atoms. The van der Waals surface area contributed by atoms with E-state index in [1.165, 1.54) is 0 Å². The van der Waals surface area contributed by atoms with E-state index < -0.39 is 34.2 Å². The number of hydrogen-bond donors (Lipinski definition) is 0. The average molecular weight is 268 g/mol. The maximum atomic E-state index is 11.9. The Morgan fingerprint density at radius 2 is 1.25 bits per heavy atom. The van der Waals surface area contributed by atoms with Crippen LogP contribution in [-0.4, -0.2) is 28.0 Å². The molecule has 0 saturated carbocycles. The Balaban J connectivity index is 3.98. The molecule has 0 unspecified atom stereocenters. The molecule has 0 heterocycles. The first-order valence-corrected chi connectivity index (χ1v) is 6.99. The lowest BCUT2D eigenvalue weighted by atomic mass is 10.5. The van der Waals surface area contributed by atoms with Gasteiger partial charge in [0, 0.05) is 19.4 Å². The number of halogens is 6. The van der Waals surface area contributed by atoms with E-state index in [4.69, 9.17) is 4.43 Å². The molecule has 0 fully saturated rings. The zero-order valence-electron chi connectivity index (χ0n) is 8.79. The lowest BCUT2D eigenvalue weighted by molar-refractivity contribution is -0.132. The molecule has 0 aromatic carbocycles. The molecule has 0 aliphatic heterocycles. The fourth-order valence-electron chi connectivity index (χ4n) is 1.20. The summed E-state index contributed by atoms with van der Waals surface area (Å²) in [6.07, 6.45) is -10.7. The van der Waals surface area contributed by atoms with E-state index in [1.54, 1.807) is 6.92 Å². The van der Waals surface area contributed by atoms with Gasteiger partial charge in [0.1, 0.15) is 0 Å². The SMILES string of the molecule is CCO[SiH](CCC(F)(F)F)CCC(F)(F)F. The Morgan fingerprint density at radius 3 is 1.50 bits per heavy atom. The summed E-state index contributed by atoms with van der Waals surface area (Å²) >= 11 is 0. The fraction of sp³-hybridized carbons (Fsp3) is 1.00. The van der Waals surface area contributed by atoms with Crippen molar-refractivity contribution in [2.45, 2.75) is 44.2 Å². The number of hydrogen-bond acceptors (Lipinski definition) is 1. The largest absolute Gasteiger partial charge is 0.420 e. The van der Waals surface area contributed by atoms with Crippen molar-refractivity contribution in [3.8, 4) is 0 Å². The van der Waals surface area contributed by atoms with Crippen molar-refractivity contribution in [1.29, 1.82) is 0 Å². The Morgan fingerprint density at radius 1 is 0.875 bits per heavy atom. The maximum Gasteiger partial charge on any atom is 0.388 e. The topological polar surface area (TPSA) is 9.23 Å². The molecule has 0 N–H and O–H groups in total. The van der Waals surface area contributed by atoms with Crippen molar-refractivity contribution < 1.29 is 30.8 Å². The monoisotopic (exact) mass is 268 g/mol. The van der Waals surface area contributed by atoms with Crippen molar-refractivity contribution in [1.82, 2.24) is 0 Å². The van der Waals surface area contributed by atoms with Crippen LogP contribution in [-0.2, 0) is 4.43 Å². The van der Waals surface area contributed by atoms with E-state index in [2.05, 4.69) is 0 Å². The van der Waals surface area contributed by atoms with Gasteiger partial charge in [-0.15, -0.1) is 0 Å². The van der Waals surface area contributed by atoms with E-state index in [0.29, 0.717) is 0 Å². The summed E-state index contributed by atoms with van der Waals surface area (Å²) in [5.41, 5.74) is 0. The Bertz CT molecular complexity index is 172. The number of rotatable bonds is 6. The summed E-state index contributed by atoms with van der Waals surface area (Å²) in [5.74, 6) is 0. The predicted octanol–water partition coefficient (Wildman–Crippen LogP) is 3.65. The number of alkyl halides is 6. The minimum Gasteiger partial charge on any atom is -0.420 e. The van der Waals surface area contributed by atoms with Crippen molar-refractivity contribution >= 4 is 9.04 Å². The van der Waals surface area contributed by atoms with Crippen LogP contribution in [0.2, 0.25) is 12.1 Å². The molecule has 0 radical (unpaired) electrons. The van der Waals surface area contributed by atoms with Gasteiger partial charge in [-0.25, -0.2) is 0 Å². The van der Waals surface area contributed by atoms with Gasteiger partial charge in [-0.3, -0.25) is 0 Å². The lowest BCUT2D eigenvalue weighted by Gasteiger charge is -2.17. The lowest BCUT2D eigenvalue weighted by Crippen LogP contribution is -2.23. The molecule has 0 spiro atoms. The summed E-state index contributed by atoms with van der Waals surface area (Å²) < 4.78 is 76.2. The molecule has 8 heteroatoms. The normalized spacial score (nSPS) is 13.5. The van der Waals surface area contributed by atoms with Gasteiger partial charge in [-0.2, -0.15) is 26.3 Å². The van der Waals surface area contributed by atoms with Crippen LogP contribution in [0.15, 0.2) is 0 Å². The van der Waals surface area contributed by atoms with Gasteiger partial charge in [0.15, 0.2) is 9.04 Å². The van der Waals surface area contributed by atoms with Crippen LogP contribution < -0.4 is 0 Å². The van der Waals surface area contributed by atoms with Crippen molar-refractivity contribution in [3.05, 3.63) is 0 Å². The van der Waals surface area contributed by atoms with Crippen LogP contribution in [0.3, 0.4) is 0 Å². The molecule has 0 amide bonds. The quantitative estimate of drug-likeness (QED) is 0.528. The molecule has 0 aliphatic carbocycles. The smallest absolute Gasteiger partial charge is 0.388 e. The van der Waals surface area contributed by atoms with Crippen LogP contribution in [0, 0.1) is 0 Å². The standard InChI is InChI=1S/C8H14F6OSi/c1-2-15-16(5-3-7(9,10)11)6-4-8(12,13)14/h16H,2-6H2,1H3. The second-order valence-corrected chi connectivity index (χ2v) is 6.12. The Kier molecular flexibility index (Phi) is 6.38. The molecular formula is C8H14F6OSi. The van der Waals surface area contributed by atoms with Crippen LogP contribution in [0.5, 0.6) is 0 Å². The summed E-state index contributed by atoms with van der Waals surface area (Å²) in [6, 6.07) is -0.569. The molecule has 0 aromatic rings. The van der Waals surface area contributed by atoms with E-state index in [9.17, 15) is 26.3 Å². The van der Waals surface area contributed by atoms with Crippen molar-refractivity contribution in [2.75, 3.05) is 6.61 Å². The van der Waals surface area contributed by atoms with E-state index in [-0.39, 0.29) is 18.7 Å². The predicted molar refractivity (Wildman–Crippen MR) is 49.7 cm³/mol. The highest BCUT2D eigenvalue weighted by Gasteiger charge is 2.32. The average Bonchev–Trinajstić information content (AvgIpc) is 2.07. The highest BCUT2D eigenvalue weighted by Crippen LogP contribution is 2.27. The van der Waals surface area contributed by atoms with Gasteiger partial charge in [0.05, 0.1) is 0 Å². The molecule has 0 rings (SSSR count). The summed E-state index contributed by atoms with van der Waals surface area (Å²) in [5, 5.41) is 0. The molecule has 0 atom stereocenters. The zero-order chi connectivity index (χ0) is 12.8. The fourth-order valence-corrected chi connectivity index (χ4v) is 3.59. The van der Waals surface area contributed by atoms with Crippen molar-refractivity contribution in [3.63, 3.8) is 0 Å². The molecule has 0 aliphatic rings. The summed E-state index contributed by atoms with van der Waals surface area (Å²) in [4.78, 5) is 0. The first-order chi connectivity index (χ1) is 7.14. The van der Waals surface area contributed by atoms with E-state index >= 15 is 0 Å². The third-order valence-electron chi connectivity index (χ3n) is 1.90. The molecular weight excluding hydrogens is 254 g/mol. The van der Waals surface area contributed by atoms with E-state index in [0.717, 1.165) is 0 Å². The van der Waals surface area contributed by atoms with Crippen LogP contribution >= 0.6 is 0 Å². The molecule has 0 saturated heterocycles.